The maximum Gasteiger partial charge on any atom is 0.282 e. The van der Waals surface area contributed by atoms with E-state index in [2.05, 4.69) is 5.32 Å². The summed E-state index contributed by atoms with van der Waals surface area (Å²) in [4.78, 5) is 0. The molecule has 0 amide bonds. The van der Waals surface area contributed by atoms with Crippen LogP contribution in [0.15, 0.2) is 0 Å². The lowest BCUT2D eigenvalue weighted by Crippen LogP contribution is -2.48. The molecule has 0 spiro atoms. The van der Waals surface area contributed by atoms with E-state index in [9.17, 15) is 8.42 Å². The molecule has 3 rings (SSSR count). The molecular weight excluding hydrogens is 250 g/mol. The zero-order valence-corrected chi connectivity index (χ0v) is 11.7. The van der Waals surface area contributed by atoms with Crippen LogP contribution in [0.5, 0.6) is 0 Å². The summed E-state index contributed by atoms with van der Waals surface area (Å²) in [6.07, 6.45) is 6.48. The summed E-state index contributed by atoms with van der Waals surface area (Å²) in [6, 6.07) is 0.911. The minimum Gasteiger partial charge on any atom is -0.310 e. The van der Waals surface area contributed by atoms with Crippen molar-refractivity contribution in [2.24, 2.45) is 0 Å². The molecule has 3 heterocycles. The van der Waals surface area contributed by atoms with Gasteiger partial charge in [0.15, 0.2) is 0 Å². The molecule has 0 aromatic carbocycles. The summed E-state index contributed by atoms with van der Waals surface area (Å²) in [5, 5.41) is 3.53. The van der Waals surface area contributed by atoms with Crippen molar-refractivity contribution < 1.29 is 8.42 Å². The van der Waals surface area contributed by atoms with E-state index >= 15 is 0 Å². The van der Waals surface area contributed by atoms with Gasteiger partial charge in [0, 0.05) is 38.3 Å². The van der Waals surface area contributed by atoms with E-state index in [1.54, 1.807) is 8.61 Å². The van der Waals surface area contributed by atoms with E-state index in [0.29, 0.717) is 38.3 Å². The molecule has 3 aliphatic rings. The third-order valence-electron chi connectivity index (χ3n) is 4.45. The van der Waals surface area contributed by atoms with E-state index in [4.69, 9.17) is 0 Å². The normalized spacial score (nSPS) is 35.6. The Morgan fingerprint density at radius 3 is 2.33 bits per heavy atom. The van der Waals surface area contributed by atoms with Gasteiger partial charge in [-0.1, -0.05) is 6.42 Å². The van der Waals surface area contributed by atoms with E-state index < -0.39 is 10.2 Å². The van der Waals surface area contributed by atoms with Crippen LogP contribution < -0.4 is 5.32 Å². The Kier molecular flexibility index (Phi) is 3.62. The smallest absolute Gasteiger partial charge is 0.282 e. The molecular formula is C12H23N3O2S. The minimum absolute atomic E-state index is 0.372. The quantitative estimate of drug-likeness (QED) is 0.799. The lowest BCUT2D eigenvalue weighted by Gasteiger charge is -2.32. The summed E-state index contributed by atoms with van der Waals surface area (Å²) >= 11 is 0. The Bertz CT molecular complexity index is 392. The van der Waals surface area contributed by atoms with Gasteiger partial charge in [-0.05, 0) is 32.1 Å². The molecule has 3 aliphatic heterocycles. The highest BCUT2D eigenvalue weighted by molar-refractivity contribution is 7.86. The van der Waals surface area contributed by atoms with Gasteiger partial charge in [-0.25, -0.2) is 0 Å². The van der Waals surface area contributed by atoms with Gasteiger partial charge in [0.1, 0.15) is 0 Å². The van der Waals surface area contributed by atoms with Crippen LogP contribution in [0.4, 0.5) is 0 Å². The van der Waals surface area contributed by atoms with Gasteiger partial charge in [-0.3, -0.25) is 0 Å². The monoisotopic (exact) mass is 273 g/mol. The van der Waals surface area contributed by atoms with E-state index in [1.165, 1.54) is 6.42 Å². The number of hydrogen-bond acceptors (Lipinski definition) is 3. The van der Waals surface area contributed by atoms with Crippen LogP contribution in [-0.4, -0.2) is 55.3 Å². The van der Waals surface area contributed by atoms with Crippen molar-refractivity contribution in [3.8, 4) is 0 Å². The first-order valence-electron chi connectivity index (χ1n) is 7.17. The Morgan fingerprint density at radius 2 is 1.56 bits per heavy atom. The predicted octanol–water partition coefficient (Wildman–Crippen LogP) is 0.543. The molecule has 0 aromatic rings. The van der Waals surface area contributed by atoms with Crippen LogP contribution >= 0.6 is 0 Å². The number of nitrogens with one attached hydrogen (secondary N) is 1. The van der Waals surface area contributed by atoms with Crippen molar-refractivity contribution in [2.75, 3.05) is 26.2 Å². The van der Waals surface area contributed by atoms with Gasteiger partial charge < -0.3 is 5.32 Å². The van der Waals surface area contributed by atoms with Crippen LogP contribution in [0, 0.1) is 0 Å². The molecule has 6 heteroatoms. The Balaban J connectivity index is 1.72. The molecule has 0 radical (unpaired) electrons. The number of hydrogen-bond donors (Lipinski definition) is 1. The van der Waals surface area contributed by atoms with Gasteiger partial charge in [0.2, 0.25) is 0 Å². The van der Waals surface area contributed by atoms with Crippen LogP contribution in [-0.2, 0) is 10.2 Å². The first-order chi connectivity index (χ1) is 8.66. The molecule has 18 heavy (non-hydrogen) atoms. The average molecular weight is 273 g/mol. The largest absolute Gasteiger partial charge is 0.310 e. The molecule has 3 fully saturated rings. The summed E-state index contributed by atoms with van der Waals surface area (Å²) in [6.45, 7) is 2.77. The van der Waals surface area contributed by atoms with Crippen molar-refractivity contribution in [1.82, 2.24) is 13.9 Å². The third kappa shape index (κ3) is 2.43. The van der Waals surface area contributed by atoms with Crippen molar-refractivity contribution in [3.63, 3.8) is 0 Å². The molecule has 0 saturated carbocycles. The van der Waals surface area contributed by atoms with Gasteiger partial charge in [-0.2, -0.15) is 17.0 Å². The van der Waals surface area contributed by atoms with Crippen molar-refractivity contribution in [3.05, 3.63) is 0 Å². The molecule has 5 nitrogen and oxygen atoms in total. The highest BCUT2D eigenvalue weighted by Crippen LogP contribution is 2.24. The highest BCUT2D eigenvalue weighted by atomic mass is 32.2. The van der Waals surface area contributed by atoms with Gasteiger partial charge in [-0.15, -0.1) is 0 Å². The molecule has 2 atom stereocenters. The van der Waals surface area contributed by atoms with Crippen LogP contribution in [0.3, 0.4) is 0 Å². The standard InChI is InChI=1S/C12H23N3O2S/c16-18(17,14-7-2-1-3-8-14)15-9-6-11-4-5-12(10-15)13-11/h11-13H,1-10H2. The number of fused-ring (bicyclic) bond motifs is 2. The number of nitrogens with zero attached hydrogens (tertiary/aromatic N) is 2. The van der Waals surface area contributed by atoms with E-state index in [0.717, 1.165) is 32.1 Å². The maximum absolute atomic E-state index is 12.6. The molecule has 0 aliphatic carbocycles. The molecule has 104 valence electrons. The van der Waals surface area contributed by atoms with E-state index in [-0.39, 0.29) is 0 Å². The van der Waals surface area contributed by atoms with E-state index in [1.807, 2.05) is 0 Å². The average Bonchev–Trinajstić information content (AvgIpc) is 2.69. The fourth-order valence-corrected chi connectivity index (χ4v) is 5.13. The van der Waals surface area contributed by atoms with Crippen molar-refractivity contribution in [2.45, 2.75) is 50.6 Å². The number of rotatable bonds is 2. The van der Waals surface area contributed by atoms with Gasteiger partial charge in [0.05, 0.1) is 0 Å². The second kappa shape index (κ2) is 5.07. The van der Waals surface area contributed by atoms with Crippen LogP contribution in [0.1, 0.15) is 38.5 Å². The SMILES string of the molecule is O=S(=O)(N1CCCCC1)N1CCC2CCC(C1)N2. The summed E-state index contributed by atoms with van der Waals surface area (Å²) in [5.74, 6) is 0. The predicted molar refractivity (Wildman–Crippen MR) is 70.5 cm³/mol. The Morgan fingerprint density at radius 1 is 0.833 bits per heavy atom. The van der Waals surface area contributed by atoms with Crippen LogP contribution in [0.25, 0.3) is 0 Å². The van der Waals surface area contributed by atoms with Crippen molar-refractivity contribution >= 4 is 10.2 Å². The third-order valence-corrected chi connectivity index (χ3v) is 6.46. The molecule has 1 N–H and O–H groups in total. The fraction of sp³-hybridized carbons (Fsp3) is 1.00. The number of piperidine rings is 1. The maximum atomic E-state index is 12.6. The molecule has 2 unspecified atom stereocenters. The van der Waals surface area contributed by atoms with Crippen LogP contribution in [0.2, 0.25) is 0 Å². The minimum atomic E-state index is -3.20. The molecule has 0 aromatic heterocycles. The van der Waals surface area contributed by atoms with Gasteiger partial charge >= 0.3 is 0 Å². The first-order valence-corrected chi connectivity index (χ1v) is 8.57. The summed E-state index contributed by atoms with van der Waals surface area (Å²) < 4.78 is 28.6. The molecule has 2 bridgehead atoms. The highest BCUT2D eigenvalue weighted by Gasteiger charge is 2.37. The van der Waals surface area contributed by atoms with Crippen molar-refractivity contribution in [1.29, 1.82) is 0 Å². The Labute approximate surface area is 110 Å². The Hall–Kier alpha value is -0.170. The second-order valence-electron chi connectivity index (χ2n) is 5.75. The fourth-order valence-electron chi connectivity index (χ4n) is 3.38. The second-order valence-corrected chi connectivity index (χ2v) is 7.68. The zero-order chi connectivity index (χ0) is 12.6. The topological polar surface area (TPSA) is 52.7 Å². The first kappa shape index (κ1) is 12.8. The summed E-state index contributed by atoms with van der Waals surface area (Å²) in [7, 11) is -3.20. The lowest BCUT2D eigenvalue weighted by molar-refractivity contribution is 0.295. The zero-order valence-electron chi connectivity index (χ0n) is 10.8. The lowest BCUT2D eigenvalue weighted by atomic mass is 10.1. The summed E-state index contributed by atoms with van der Waals surface area (Å²) in [5.41, 5.74) is 0. The molecule has 3 saturated heterocycles. The van der Waals surface area contributed by atoms with Gasteiger partial charge in [0.25, 0.3) is 10.2 Å².